The number of ether oxygens (including phenoxy) is 1. The molecule has 8 heteroatoms. The molecule has 1 aromatic heterocycles. The van der Waals surface area contributed by atoms with Crippen molar-refractivity contribution < 1.29 is 27.8 Å². The second kappa shape index (κ2) is 11.0. The number of allylic oxidation sites excluding steroid dienone is 3. The summed E-state index contributed by atoms with van der Waals surface area (Å²) in [6, 6.07) is 17.1. The number of carbonyl (C=O) groups is 1. The van der Waals surface area contributed by atoms with Gasteiger partial charge in [-0.15, -0.1) is 6.42 Å². The van der Waals surface area contributed by atoms with Crippen LogP contribution in [0, 0.1) is 19.3 Å². The van der Waals surface area contributed by atoms with Crippen LogP contribution in [0.15, 0.2) is 84.6 Å². The van der Waals surface area contributed by atoms with Gasteiger partial charge in [0.25, 0.3) is 0 Å². The lowest BCUT2D eigenvalue weighted by Crippen LogP contribution is -2.19. The van der Waals surface area contributed by atoms with Crippen LogP contribution in [0.3, 0.4) is 0 Å². The van der Waals surface area contributed by atoms with Crippen molar-refractivity contribution in [2.75, 3.05) is 13.7 Å². The van der Waals surface area contributed by atoms with Gasteiger partial charge in [0.1, 0.15) is 19.4 Å². The highest BCUT2D eigenvalue weighted by Gasteiger charge is 2.31. The molecule has 3 aromatic rings. The van der Waals surface area contributed by atoms with Gasteiger partial charge in [-0.1, -0.05) is 36.3 Å². The Balaban J connectivity index is 1.85. The number of hydrogen-bond donors (Lipinski definition) is 1. The first-order valence-electron chi connectivity index (χ1n) is 11.5. The summed E-state index contributed by atoms with van der Waals surface area (Å²) in [4.78, 5) is 11.1. The molecule has 0 atom stereocenters. The summed E-state index contributed by atoms with van der Waals surface area (Å²) in [6.45, 7) is 1.68. The van der Waals surface area contributed by atoms with Crippen LogP contribution in [0.2, 0.25) is 0 Å². The zero-order chi connectivity index (χ0) is 26.5. The summed E-state index contributed by atoms with van der Waals surface area (Å²) in [5.74, 6) is 1.96. The molecular weight excluding hydrogens is 473 g/mol. The van der Waals surface area contributed by atoms with Crippen molar-refractivity contribution in [2.24, 2.45) is 0 Å². The minimum absolute atomic E-state index is 0.0426. The molecule has 5 nitrogen and oxygen atoms in total. The van der Waals surface area contributed by atoms with Crippen molar-refractivity contribution in [2.45, 2.75) is 6.92 Å². The van der Waals surface area contributed by atoms with Gasteiger partial charge < -0.3 is 14.3 Å². The summed E-state index contributed by atoms with van der Waals surface area (Å²) in [5, 5.41) is 9.09. The van der Waals surface area contributed by atoms with Crippen molar-refractivity contribution in [3.8, 4) is 18.1 Å². The number of aromatic nitrogens is 1. The van der Waals surface area contributed by atoms with E-state index < -0.39 is 13.4 Å². The number of rotatable bonds is 8. The number of carboxylic acids is 1. The summed E-state index contributed by atoms with van der Waals surface area (Å²) < 4.78 is 37.0. The minimum Gasteiger partial charge on any atom is -0.480 e. The Morgan fingerprint density at radius 2 is 1.84 bits per heavy atom. The predicted molar refractivity (Wildman–Crippen MR) is 142 cm³/mol. The van der Waals surface area contributed by atoms with E-state index >= 15 is 0 Å². The fourth-order valence-electron chi connectivity index (χ4n) is 4.20. The van der Waals surface area contributed by atoms with Crippen molar-refractivity contribution in [3.05, 3.63) is 113 Å². The number of halogens is 2. The normalized spacial score (nSPS) is 14.2. The molecule has 0 aliphatic carbocycles. The van der Waals surface area contributed by atoms with E-state index in [2.05, 4.69) is 5.92 Å². The zero-order valence-electron chi connectivity index (χ0n) is 20.4. The number of nitrogens with zero attached hydrogens (tertiary/aromatic N) is 2. The Morgan fingerprint density at radius 1 is 1.11 bits per heavy atom. The maximum Gasteiger partial charge on any atom is 0.677 e. The molecule has 4 rings (SSSR count). The molecule has 0 saturated carbocycles. The largest absolute Gasteiger partial charge is 0.677 e. The van der Waals surface area contributed by atoms with E-state index in [1.807, 2.05) is 48.1 Å². The maximum absolute atomic E-state index is 14.1. The second-order valence-corrected chi connectivity index (χ2v) is 8.33. The van der Waals surface area contributed by atoms with Gasteiger partial charge in [0.2, 0.25) is 11.4 Å². The first kappa shape index (κ1) is 25.5. The first-order chi connectivity index (χ1) is 17.8. The van der Waals surface area contributed by atoms with E-state index in [0.717, 1.165) is 15.8 Å². The molecule has 1 aliphatic rings. The average molecular weight is 497 g/mol. The molecule has 0 saturated heterocycles. The maximum atomic E-state index is 14.1. The number of aryl methyl sites for hydroxylation is 1. The second-order valence-electron chi connectivity index (χ2n) is 8.33. The minimum atomic E-state index is -2.73. The predicted octanol–water partition coefficient (Wildman–Crippen LogP) is 5.40. The molecule has 2 heterocycles. The highest BCUT2D eigenvalue weighted by atomic mass is 19.2. The molecule has 0 spiro atoms. The summed E-state index contributed by atoms with van der Waals surface area (Å²) in [6.07, 6.45) is 12.9. The van der Waals surface area contributed by atoms with Crippen molar-refractivity contribution in [3.63, 3.8) is 0 Å². The lowest BCUT2D eigenvalue weighted by molar-refractivity contribution is -0.432. The molecule has 184 valence electrons. The molecule has 37 heavy (non-hydrogen) atoms. The molecule has 2 aromatic carbocycles. The number of aromatic carboxylic acids is 1. The van der Waals surface area contributed by atoms with Crippen molar-refractivity contribution >= 4 is 30.7 Å². The number of terminal acetylenes is 1. The number of hydrogen-bond acceptors (Lipinski definition) is 2. The Kier molecular flexibility index (Phi) is 7.54. The third-order valence-electron chi connectivity index (χ3n) is 6.06. The van der Waals surface area contributed by atoms with Crippen LogP contribution in [0.5, 0.6) is 5.75 Å². The molecule has 0 amide bonds. The standard InChI is InChI=1S/C29H23BF2N2O3/c1-4-19-37-27-8-6-5-7-24(27)28(26-17-9-20(2)34(26)30(31)32)25-18-16-23(33(25)3)15-12-21-10-13-22(14-11-21)29(35)36/h1,5-18H,19H2,2-3H3/p+1/b15-12+. The van der Waals surface area contributed by atoms with Crippen LogP contribution in [0.25, 0.3) is 11.6 Å². The SMILES string of the molecule is C#CCOc1ccccc1/C(=C1\C=CC(/C=C/c2ccc(C(=O)O)cc2)=[N+]1C)c1ccc(C)n1B(F)F. The van der Waals surface area contributed by atoms with Gasteiger partial charge in [-0.3, -0.25) is 8.63 Å². The van der Waals surface area contributed by atoms with Gasteiger partial charge in [-0.25, -0.2) is 4.79 Å². The van der Waals surface area contributed by atoms with Gasteiger partial charge in [0.15, 0.2) is 0 Å². The third kappa shape index (κ3) is 5.31. The molecule has 0 radical (unpaired) electrons. The van der Waals surface area contributed by atoms with Crippen LogP contribution in [-0.2, 0) is 0 Å². The fraction of sp³-hybridized carbons (Fsp3) is 0.103. The summed E-state index contributed by atoms with van der Waals surface area (Å²) >= 11 is 0. The highest BCUT2D eigenvalue weighted by molar-refractivity contribution is 6.41. The van der Waals surface area contributed by atoms with Crippen LogP contribution in [0.4, 0.5) is 8.63 Å². The third-order valence-corrected chi connectivity index (χ3v) is 6.06. The Hall–Kier alpha value is -4.64. The Labute approximate surface area is 214 Å². The molecule has 0 fully saturated rings. The van der Waals surface area contributed by atoms with Crippen LogP contribution in [0.1, 0.15) is 32.9 Å². The summed E-state index contributed by atoms with van der Waals surface area (Å²) in [7, 11) is -0.872. The van der Waals surface area contributed by atoms with Gasteiger partial charge in [-0.05, 0) is 48.9 Å². The van der Waals surface area contributed by atoms with E-state index in [1.54, 1.807) is 43.3 Å². The lowest BCUT2D eigenvalue weighted by atomic mass is 9.97. The topological polar surface area (TPSA) is 54.5 Å². The molecule has 1 N–H and O–H groups in total. The monoisotopic (exact) mass is 497 g/mol. The quantitative estimate of drug-likeness (QED) is 0.258. The first-order valence-corrected chi connectivity index (χ1v) is 11.5. The summed E-state index contributed by atoms with van der Waals surface area (Å²) in [5.41, 5.74) is 4.57. The van der Waals surface area contributed by atoms with Gasteiger partial charge in [0, 0.05) is 35.2 Å². The van der Waals surface area contributed by atoms with Gasteiger partial charge in [0.05, 0.1) is 11.1 Å². The molecule has 0 unspecified atom stereocenters. The van der Waals surface area contributed by atoms with E-state index in [4.69, 9.17) is 16.3 Å². The zero-order valence-corrected chi connectivity index (χ0v) is 20.4. The fourth-order valence-corrected chi connectivity index (χ4v) is 4.20. The van der Waals surface area contributed by atoms with Crippen LogP contribution < -0.4 is 4.74 Å². The Bertz CT molecular complexity index is 1510. The smallest absolute Gasteiger partial charge is 0.480 e. The van der Waals surface area contributed by atoms with Crippen LogP contribution in [-0.4, -0.2) is 46.9 Å². The van der Waals surface area contributed by atoms with E-state index in [-0.39, 0.29) is 12.2 Å². The molecule has 1 aliphatic heterocycles. The number of para-hydroxylation sites is 1. The average Bonchev–Trinajstić information content (AvgIpc) is 3.45. The van der Waals surface area contributed by atoms with Gasteiger partial charge >= 0.3 is 13.4 Å². The van der Waals surface area contributed by atoms with Crippen LogP contribution >= 0.6 is 0 Å². The van der Waals surface area contributed by atoms with E-state index in [9.17, 15) is 13.4 Å². The van der Waals surface area contributed by atoms with Gasteiger partial charge in [-0.2, -0.15) is 4.58 Å². The molecule has 0 bridgehead atoms. The molecular formula is C29H24BF2N2O3+. The van der Waals surface area contributed by atoms with Crippen molar-refractivity contribution in [1.29, 1.82) is 0 Å². The van der Waals surface area contributed by atoms with Crippen molar-refractivity contribution in [1.82, 2.24) is 4.48 Å². The lowest BCUT2D eigenvalue weighted by Gasteiger charge is -2.16. The number of benzene rings is 2. The Morgan fingerprint density at radius 3 is 2.51 bits per heavy atom. The number of likely N-dealkylation sites (N-methyl/N-ethyl adjacent to an activating group) is 1. The highest BCUT2D eigenvalue weighted by Crippen LogP contribution is 2.36. The number of carboxylic acid groups (broad SMARTS) is 1. The van der Waals surface area contributed by atoms with E-state index in [1.165, 1.54) is 12.1 Å². The van der Waals surface area contributed by atoms with E-state index in [0.29, 0.717) is 34.0 Å².